The Hall–Kier alpha value is -0.900. The molecule has 0 radical (unpaired) electrons. The lowest BCUT2D eigenvalue weighted by Crippen LogP contribution is -2.18. The Morgan fingerprint density at radius 2 is 2.33 bits per heavy atom. The Balaban J connectivity index is 3.13. The van der Waals surface area contributed by atoms with Gasteiger partial charge in [-0.05, 0) is 34.5 Å². The van der Waals surface area contributed by atoms with E-state index in [1.165, 1.54) is 0 Å². The van der Waals surface area contributed by atoms with Crippen LogP contribution in [0.1, 0.15) is 15.9 Å². The Morgan fingerprint density at radius 1 is 1.67 bits per heavy atom. The lowest BCUT2D eigenvalue weighted by molar-refractivity contribution is 0.0962. The molecular formula is C8H9BrN2O. The second kappa shape index (κ2) is 3.67. The zero-order valence-corrected chi connectivity index (χ0v) is 8.47. The largest absolute Gasteiger partial charge is 0.355 e. The van der Waals surface area contributed by atoms with Crippen LogP contribution in [0.3, 0.4) is 0 Å². The number of nitrogens with one attached hydrogen (secondary N) is 1. The van der Waals surface area contributed by atoms with Crippen LogP contribution in [0.15, 0.2) is 16.9 Å². The standard InChI is InChI=1S/C8H9BrN2O/c1-5-3-6(8(12)10-2)7(9)11-4-5/h3-4H,1-2H3,(H,10,12). The molecule has 0 saturated carbocycles. The molecule has 4 heteroatoms. The molecular weight excluding hydrogens is 220 g/mol. The van der Waals surface area contributed by atoms with Crippen molar-refractivity contribution in [3.05, 3.63) is 28.0 Å². The molecule has 0 unspecified atom stereocenters. The van der Waals surface area contributed by atoms with E-state index in [9.17, 15) is 4.79 Å². The first kappa shape index (κ1) is 9.19. The highest BCUT2D eigenvalue weighted by Gasteiger charge is 2.08. The molecule has 1 aromatic rings. The van der Waals surface area contributed by atoms with Crippen molar-refractivity contribution in [3.63, 3.8) is 0 Å². The van der Waals surface area contributed by atoms with E-state index in [-0.39, 0.29) is 5.91 Å². The molecule has 1 aromatic heterocycles. The van der Waals surface area contributed by atoms with Gasteiger partial charge in [0.25, 0.3) is 5.91 Å². The van der Waals surface area contributed by atoms with E-state index >= 15 is 0 Å². The summed E-state index contributed by atoms with van der Waals surface area (Å²) in [4.78, 5) is 15.2. The van der Waals surface area contributed by atoms with Gasteiger partial charge in [-0.1, -0.05) is 0 Å². The van der Waals surface area contributed by atoms with Crippen LogP contribution in [0.4, 0.5) is 0 Å². The first-order chi connectivity index (χ1) is 5.65. The zero-order valence-electron chi connectivity index (χ0n) is 6.89. The predicted molar refractivity (Wildman–Crippen MR) is 50.1 cm³/mol. The van der Waals surface area contributed by atoms with Gasteiger partial charge < -0.3 is 5.32 Å². The molecule has 64 valence electrons. The summed E-state index contributed by atoms with van der Waals surface area (Å²) in [5, 5.41) is 2.54. The van der Waals surface area contributed by atoms with Crippen LogP contribution in [-0.2, 0) is 0 Å². The normalized spacial score (nSPS) is 9.58. The van der Waals surface area contributed by atoms with Crippen LogP contribution in [0.5, 0.6) is 0 Å². The van der Waals surface area contributed by atoms with Crippen molar-refractivity contribution in [2.24, 2.45) is 0 Å². The van der Waals surface area contributed by atoms with Gasteiger partial charge in [-0.15, -0.1) is 0 Å². The molecule has 0 aromatic carbocycles. The van der Waals surface area contributed by atoms with Crippen LogP contribution in [0.25, 0.3) is 0 Å². The lowest BCUT2D eigenvalue weighted by Gasteiger charge is -2.02. The first-order valence-corrected chi connectivity index (χ1v) is 4.28. The predicted octanol–water partition coefficient (Wildman–Crippen LogP) is 1.51. The molecule has 12 heavy (non-hydrogen) atoms. The summed E-state index contributed by atoms with van der Waals surface area (Å²) in [6.07, 6.45) is 1.70. The van der Waals surface area contributed by atoms with Crippen molar-refractivity contribution in [2.45, 2.75) is 6.92 Å². The van der Waals surface area contributed by atoms with Gasteiger partial charge in [0.1, 0.15) is 4.60 Å². The van der Waals surface area contributed by atoms with Crippen molar-refractivity contribution >= 4 is 21.8 Å². The third kappa shape index (κ3) is 1.82. The topological polar surface area (TPSA) is 42.0 Å². The van der Waals surface area contributed by atoms with Crippen molar-refractivity contribution in [3.8, 4) is 0 Å². The maximum atomic E-state index is 11.2. The number of hydrogen-bond donors (Lipinski definition) is 1. The highest BCUT2D eigenvalue weighted by molar-refractivity contribution is 9.10. The Kier molecular flexibility index (Phi) is 2.81. The summed E-state index contributed by atoms with van der Waals surface area (Å²) in [7, 11) is 1.59. The minimum absolute atomic E-state index is 0.127. The molecule has 0 aliphatic carbocycles. The van der Waals surface area contributed by atoms with Crippen molar-refractivity contribution in [2.75, 3.05) is 7.05 Å². The first-order valence-electron chi connectivity index (χ1n) is 3.49. The molecule has 1 N–H and O–H groups in total. The van der Waals surface area contributed by atoms with Crippen molar-refractivity contribution in [1.82, 2.24) is 10.3 Å². The summed E-state index contributed by atoms with van der Waals surface area (Å²) >= 11 is 3.20. The fraction of sp³-hybridized carbons (Fsp3) is 0.250. The second-order valence-corrected chi connectivity index (χ2v) is 3.18. The molecule has 0 bridgehead atoms. The maximum absolute atomic E-state index is 11.2. The molecule has 0 fully saturated rings. The lowest BCUT2D eigenvalue weighted by atomic mass is 10.2. The molecule has 0 spiro atoms. The van der Waals surface area contributed by atoms with Gasteiger partial charge in [-0.2, -0.15) is 0 Å². The average Bonchev–Trinajstić information content (AvgIpc) is 2.08. The number of hydrogen-bond acceptors (Lipinski definition) is 2. The smallest absolute Gasteiger partial charge is 0.253 e. The fourth-order valence-corrected chi connectivity index (χ4v) is 1.24. The van der Waals surface area contributed by atoms with Gasteiger partial charge in [0.2, 0.25) is 0 Å². The maximum Gasteiger partial charge on any atom is 0.253 e. The van der Waals surface area contributed by atoms with Gasteiger partial charge in [0.05, 0.1) is 5.56 Å². The second-order valence-electron chi connectivity index (χ2n) is 2.43. The highest BCUT2D eigenvalue weighted by Crippen LogP contribution is 2.14. The number of carbonyl (C=O) groups excluding carboxylic acids is 1. The van der Waals surface area contributed by atoms with E-state index in [2.05, 4.69) is 26.2 Å². The molecule has 0 atom stereocenters. The zero-order chi connectivity index (χ0) is 9.14. The summed E-state index contributed by atoms with van der Waals surface area (Å²) in [6.45, 7) is 1.89. The molecule has 0 aliphatic rings. The van der Waals surface area contributed by atoms with Crippen LogP contribution in [0.2, 0.25) is 0 Å². The third-order valence-electron chi connectivity index (χ3n) is 1.45. The van der Waals surface area contributed by atoms with Crippen LogP contribution in [-0.4, -0.2) is 17.9 Å². The SMILES string of the molecule is CNC(=O)c1cc(C)cnc1Br. The number of halogens is 1. The molecule has 3 nitrogen and oxygen atoms in total. The number of aromatic nitrogens is 1. The van der Waals surface area contributed by atoms with Crippen molar-refractivity contribution in [1.29, 1.82) is 0 Å². The van der Waals surface area contributed by atoms with Gasteiger partial charge in [-0.25, -0.2) is 4.98 Å². The summed E-state index contributed by atoms with van der Waals surface area (Å²) in [5.74, 6) is -0.127. The van der Waals surface area contributed by atoms with Crippen molar-refractivity contribution < 1.29 is 4.79 Å². The molecule has 1 rings (SSSR count). The number of nitrogens with zero attached hydrogens (tertiary/aromatic N) is 1. The van der Waals surface area contributed by atoms with Crippen LogP contribution in [0, 0.1) is 6.92 Å². The van der Waals surface area contributed by atoms with Crippen LogP contribution >= 0.6 is 15.9 Å². The Labute approximate surface area is 79.3 Å². The minimum Gasteiger partial charge on any atom is -0.355 e. The van der Waals surface area contributed by atoms with E-state index in [0.29, 0.717) is 10.2 Å². The summed E-state index contributed by atoms with van der Waals surface area (Å²) in [6, 6.07) is 1.79. The Morgan fingerprint density at radius 3 is 2.92 bits per heavy atom. The average molecular weight is 229 g/mol. The van der Waals surface area contributed by atoms with E-state index in [0.717, 1.165) is 5.56 Å². The van der Waals surface area contributed by atoms with Gasteiger partial charge in [0.15, 0.2) is 0 Å². The molecule has 1 heterocycles. The van der Waals surface area contributed by atoms with Gasteiger partial charge in [0, 0.05) is 13.2 Å². The van der Waals surface area contributed by atoms with E-state index in [1.54, 1.807) is 19.3 Å². The monoisotopic (exact) mass is 228 g/mol. The summed E-state index contributed by atoms with van der Waals surface area (Å²) in [5.41, 5.74) is 1.54. The number of pyridine rings is 1. The molecule has 0 saturated heterocycles. The molecule has 0 aliphatic heterocycles. The van der Waals surface area contributed by atoms with E-state index in [1.807, 2.05) is 6.92 Å². The van der Waals surface area contributed by atoms with E-state index < -0.39 is 0 Å². The van der Waals surface area contributed by atoms with E-state index in [4.69, 9.17) is 0 Å². The van der Waals surface area contributed by atoms with Crippen LogP contribution < -0.4 is 5.32 Å². The molecule has 1 amide bonds. The number of rotatable bonds is 1. The highest BCUT2D eigenvalue weighted by atomic mass is 79.9. The number of amides is 1. The summed E-state index contributed by atoms with van der Waals surface area (Å²) < 4.78 is 0.576. The third-order valence-corrected chi connectivity index (χ3v) is 2.08. The fourth-order valence-electron chi connectivity index (χ4n) is 0.846. The van der Waals surface area contributed by atoms with Gasteiger partial charge in [-0.3, -0.25) is 4.79 Å². The Bertz CT molecular complexity index is 312. The number of aryl methyl sites for hydroxylation is 1. The number of carbonyl (C=O) groups is 1. The van der Waals surface area contributed by atoms with Gasteiger partial charge >= 0.3 is 0 Å². The quantitative estimate of drug-likeness (QED) is 0.741. The minimum atomic E-state index is -0.127.